The summed E-state index contributed by atoms with van der Waals surface area (Å²) in [5.41, 5.74) is 0. The molecule has 0 saturated heterocycles. The van der Waals surface area contributed by atoms with Crippen molar-refractivity contribution in [3.63, 3.8) is 0 Å². The zero-order chi connectivity index (χ0) is 15.9. The van der Waals surface area contributed by atoms with Gasteiger partial charge in [-0.1, -0.05) is 25.3 Å². The van der Waals surface area contributed by atoms with E-state index in [0.717, 1.165) is 0 Å². The Balaban J connectivity index is -0.0000000777. The molecule has 0 amide bonds. The molecule has 1 rings (SSSR count). The second kappa shape index (κ2) is 36.0. The molecule has 0 saturated carbocycles. The van der Waals surface area contributed by atoms with Crippen molar-refractivity contribution in [1.29, 1.82) is 0 Å². The molecule has 3 nitrogen and oxygen atoms in total. The first-order valence-electron chi connectivity index (χ1n) is 5.80. The summed E-state index contributed by atoms with van der Waals surface area (Å²) in [6.45, 7) is 6.72. The number of hydrogen-bond donors (Lipinski definition) is 0. The van der Waals surface area contributed by atoms with Gasteiger partial charge in [0.25, 0.3) is 0 Å². The molecule has 0 spiro atoms. The minimum absolute atomic E-state index is 1.17. The number of rotatable bonds is 1. The van der Waals surface area contributed by atoms with Gasteiger partial charge in [-0.2, -0.15) is 42.3 Å². The van der Waals surface area contributed by atoms with Crippen molar-refractivity contribution in [2.75, 3.05) is 42.3 Å². The fourth-order valence-electron chi connectivity index (χ4n) is 0.447. The van der Waals surface area contributed by atoms with E-state index in [0.29, 0.717) is 0 Å². The molecule has 0 aromatic rings. The Kier molecular flexibility index (Phi) is 51.2. The Morgan fingerprint density at radius 3 is 1.32 bits per heavy atom. The molecule has 108 valence electrons. The van der Waals surface area contributed by atoms with E-state index in [-0.39, 0.29) is 0 Å². The Bertz CT molecular complexity index is 201. The molecular weight excluding hydrogens is 270 g/mol. The topological polar surface area (TPSA) is 42.3 Å². The van der Waals surface area contributed by atoms with Gasteiger partial charge in [-0.3, -0.25) is 0 Å². The normalized spacial score (nSPS) is 9.79. The summed E-state index contributed by atoms with van der Waals surface area (Å²) in [5.74, 6) is 0. The van der Waals surface area contributed by atoms with E-state index in [1.807, 2.05) is 0 Å². The van der Waals surface area contributed by atoms with Crippen molar-refractivity contribution in [2.45, 2.75) is 6.42 Å². The fourth-order valence-corrected chi connectivity index (χ4v) is 0.782. The summed E-state index contributed by atoms with van der Waals surface area (Å²) in [6, 6.07) is 0. The molecule has 4 heteroatoms. The fraction of sp³-hybridized carbons (Fsp3) is 0.467. The molecule has 19 heavy (non-hydrogen) atoms. The average Bonchev–Trinajstić information content (AvgIpc) is 2.84. The van der Waals surface area contributed by atoms with Crippen LogP contribution in [-0.4, -0.2) is 42.3 Å². The third-order valence-corrected chi connectivity index (χ3v) is 1.52. The molecule has 0 heterocycles. The third-order valence-electron chi connectivity index (χ3n) is 0.938. The summed E-state index contributed by atoms with van der Waals surface area (Å²) in [7, 11) is 10.5. The number of hydrogen-bond acceptors (Lipinski definition) is 0. The first kappa shape index (κ1) is 27.0. The second-order valence-corrected chi connectivity index (χ2v) is 4.14. The van der Waals surface area contributed by atoms with Crippen LogP contribution in [0, 0.1) is 0 Å². The van der Waals surface area contributed by atoms with Crippen LogP contribution in [0.15, 0.2) is 47.4 Å². The van der Waals surface area contributed by atoms with Crippen molar-refractivity contribution in [3.05, 3.63) is 63.4 Å². The summed E-state index contributed by atoms with van der Waals surface area (Å²) >= 11 is 2.14. The Morgan fingerprint density at radius 2 is 1.26 bits per heavy atom. The van der Waals surface area contributed by atoms with E-state index >= 15 is 0 Å². The van der Waals surface area contributed by atoms with Crippen LogP contribution < -0.4 is 0 Å². The van der Waals surface area contributed by atoms with Crippen molar-refractivity contribution in [1.82, 2.24) is 0 Å². The summed E-state index contributed by atoms with van der Waals surface area (Å²) in [6.07, 6.45) is 10.8. The molecule has 0 aromatic carbocycles. The van der Waals surface area contributed by atoms with Gasteiger partial charge in [-0.15, -0.1) is 0 Å². The molecule has 0 bridgehead atoms. The first-order chi connectivity index (χ1) is 9.05. The maximum atomic E-state index is 3.50. The molecule has 0 radical (unpaired) electrons. The van der Waals surface area contributed by atoms with Crippen molar-refractivity contribution < 1.29 is 20.4 Å². The van der Waals surface area contributed by atoms with Crippen LogP contribution >= 0.6 is 0 Å². The monoisotopic (exact) mass is 299 g/mol. The van der Waals surface area contributed by atoms with E-state index in [4.69, 9.17) is 0 Å². The first-order valence-corrected chi connectivity index (χ1v) is 6.58. The van der Waals surface area contributed by atoms with Gasteiger partial charge < -0.3 is 16.0 Å². The van der Waals surface area contributed by atoms with Gasteiger partial charge in [0, 0.05) is 0 Å². The van der Waals surface area contributed by atoms with Gasteiger partial charge in [-0.05, 0) is 0 Å². The van der Waals surface area contributed by atoms with Gasteiger partial charge in [0.05, 0.1) is 0 Å². The Hall–Kier alpha value is -0.446. The summed E-state index contributed by atoms with van der Waals surface area (Å²) in [5, 5.41) is 10.5. The Labute approximate surface area is 132 Å². The van der Waals surface area contributed by atoms with E-state index < -0.39 is 0 Å². The number of allylic oxidation sites excluding steroid dienone is 6. The molecule has 0 fully saturated rings. The van der Waals surface area contributed by atoms with Crippen molar-refractivity contribution in [2.24, 2.45) is 0 Å². The third kappa shape index (κ3) is 74.4. The molecule has 0 atom stereocenters. The van der Waals surface area contributed by atoms with Crippen LogP contribution in [0.1, 0.15) is 6.42 Å². The van der Waals surface area contributed by atoms with Crippen LogP contribution in [0.25, 0.3) is 16.0 Å². The predicted molar refractivity (Wildman–Crippen MR) is 87.9 cm³/mol. The summed E-state index contributed by atoms with van der Waals surface area (Å²) in [4.78, 5) is 0. The van der Waals surface area contributed by atoms with Crippen LogP contribution in [-0.2, 0) is 20.4 Å². The van der Waals surface area contributed by atoms with Crippen LogP contribution in [0.4, 0.5) is 0 Å². The zero-order valence-electron chi connectivity index (χ0n) is 13.3. The molecule has 1 aliphatic carbocycles. The molecule has 0 N–H and O–H groups in total. The molecule has 0 aromatic heterocycles. The van der Waals surface area contributed by atoms with Crippen molar-refractivity contribution in [3.8, 4) is 0 Å². The van der Waals surface area contributed by atoms with Gasteiger partial charge in [-0.25, -0.2) is 0 Å². The van der Waals surface area contributed by atoms with Crippen molar-refractivity contribution >= 4 is 0 Å². The Morgan fingerprint density at radius 1 is 0.947 bits per heavy atom. The minimum atomic E-state index is 1.17. The van der Waals surface area contributed by atoms with E-state index in [2.05, 4.69) is 67.8 Å². The van der Waals surface area contributed by atoms with Gasteiger partial charge in [0.15, 0.2) is 0 Å². The summed E-state index contributed by atoms with van der Waals surface area (Å²) < 4.78 is 1.47. The van der Waals surface area contributed by atoms with E-state index in [9.17, 15) is 0 Å². The standard InChI is InChI=1S/C5H5.C4H6.3C2H6N.Ti/c1-2-4-5-3-1;1-3-4-2;3*1-3-2;/h1-3H,4H2;3-4H,1-2H2;3*1-2H3;/q;;3*-1;+3. The maximum absolute atomic E-state index is 3.50. The molecular formula is C15H29N3Ti. The van der Waals surface area contributed by atoms with Gasteiger partial charge >= 0.3 is 49.0 Å². The molecule has 1 aliphatic rings. The van der Waals surface area contributed by atoms with Crippen LogP contribution in [0.2, 0.25) is 0 Å². The second-order valence-electron chi connectivity index (χ2n) is 3.14. The SMILES string of the molecule is C=CC=C.C[N-]C.C[N-]C.C[N-]C.[Ti+3][C]1=CC=CC1. The molecule has 0 aliphatic heterocycles. The quantitative estimate of drug-likeness (QED) is 0.502. The van der Waals surface area contributed by atoms with E-state index in [1.165, 1.54) is 10.3 Å². The average molecular weight is 299 g/mol. The van der Waals surface area contributed by atoms with Crippen LogP contribution in [0.3, 0.4) is 0 Å². The van der Waals surface area contributed by atoms with Gasteiger partial charge in [0.2, 0.25) is 0 Å². The zero-order valence-corrected chi connectivity index (χ0v) is 14.9. The number of nitrogens with zero attached hydrogens (tertiary/aromatic N) is 3. The van der Waals surface area contributed by atoms with Crippen LogP contribution in [0.5, 0.6) is 0 Å². The molecule has 0 unspecified atom stereocenters. The predicted octanol–water partition coefficient (Wildman–Crippen LogP) is 4.59. The van der Waals surface area contributed by atoms with E-state index in [1.54, 1.807) is 54.4 Å². The van der Waals surface area contributed by atoms with Gasteiger partial charge in [0.1, 0.15) is 0 Å².